The van der Waals surface area contributed by atoms with E-state index in [1.54, 1.807) is 34.6 Å². The molecule has 13 heteroatoms. The Balaban J connectivity index is 2.27. The number of ether oxygens (including phenoxy) is 2. The maximum absolute atomic E-state index is 12.3. The van der Waals surface area contributed by atoms with Gasteiger partial charge in [-0.2, -0.15) is 5.48 Å². The third kappa shape index (κ3) is 10.3. The van der Waals surface area contributed by atoms with Gasteiger partial charge in [-0.05, 0) is 39.5 Å². The van der Waals surface area contributed by atoms with Crippen molar-refractivity contribution in [3.05, 3.63) is 22.5 Å². The highest BCUT2D eigenvalue weighted by atomic mass is 16.6. The van der Waals surface area contributed by atoms with Crippen LogP contribution in [-0.2, 0) is 25.7 Å². The zero-order chi connectivity index (χ0) is 23.7. The molecule has 0 spiro atoms. The number of carbonyl (C=O) groups excluding carboxylic acids is 2. The molecule has 13 nitrogen and oxygen atoms in total. The predicted molar refractivity (Wildman–Crippen MR) is 108 cm³/mol. The first kappa shape index (κ1) is 26.4. The van der Waals surface area contributed by atoms with Crippen molar-refractivity contribution in [3.63, 3.8) is 0 Å². The molecule has 0 saturated carbocycles. The molecule has 176 valence electrons. The van der Waals surface area contributed by atoms with Gasteiger partial charge in [0, 0.05) is 6.54 Å². The third-order valence-electron chi connectivity index (χ3n) is 3.70. The number of aliphatic hydroxyl groups is 1. The number of alkyl carbamates (subject to hydrolysis) is 1. The lowest BCUT2D eigenvalue weighted by atomic mass is 10.0. The van der Waals surface area contributed by atoms with Gasteiger partial charge in [-0.25, -0.2) is 9.36 Å². The second kappa shape index (κ2) is 11.7. The number of hydrogen-bond acceptors (Lipinski definition) is 10. The van der Waals surface area contributed by atoms with Crippen molar-refractivity contribution in [3.8, 4) is 0 Å². The van der Waals surface area contributed by atoms with Crippen LogP contribution in [0.4, 0.5) is 10.7 Å². The summed E-state index contributed by atoms with van der Waals surface area (Å²) in [5.74, 6) is -0.729. The Bertz CT molecular complexity index is 744. The van der Waals surface area contributed by atoms with E-state index in [2.05, 4.69) is 15.8 Å². The molecule has 0 aromatic carbocycles. The fourth-order valence-corrected chi connectivity index (χ4v) is 2.17. The number of amides is 1. The predicted octanol–water partition coefficient (Wildman–Crippen LogP) is 0.562. The molecule has 0 saturated heterocycles. The number of carbonyl (C=O) groups is 2. The molecule has 1 aromatic heterocycles. The van der Waals surface area contributed by atoms with E-state index >= 15 is 0 Å². The Hall–Kier alpha value is -2.61. The number of imidazole rings is 1. The Kier molecular flexibility index (Phi) is 9.97. The maximum Gasteiger partial charge on any atom is 0.434 e. The average molecular weight is 445 g/mol. The van der Waals surface area contributed by atoms with E-state index < -0.39 is 34.2 Å². The summed E-state index contributed by atoms with van der Waals surface area (Å²) in [6, 6.07) is 0. The minimum atomic E-state index is -1.08. The monoisotopic (exact) mass is 445 g/mol. The standard InChI is InChI=1S/C18H31N5O8/c1-17(2,3)31-16(26)20-7-9-30-21-18(4,5)14(25)12-29-11-13(24)10-22-8-6-19-15(22)23(27)28/h6,8,13,21,24H,7,9-12H2,1-5H3,(H,20,26). The smallest absolute Gasteiger partial charge is 0.434 e. The molecule has 1 rings (SSSR count). The summed E-state index contributed by atoms with van der Waals surface area (Å²) in [4.78, 5) is 42.8. The van der Waals surface area contributed by atoms with Gasteiger partial charge >= 0.3 is 12.0 Å². The number of nitro groups is 1. The Morgan fingerprint density at radius 3 is 2.61 bits per heavy atom. The highest BCUT2D eigenvalue weighted by molar-refractivity contribution is 5.88. The van der Waals surface area contributed by atoms with E-state index in [0.717, 1.165) is 0 Å². The number of Topliss-reactive ketones (excluding diaryl/α,β-unsaturated/α-hetero) is 1. The summed E-state index contributed by atoms with van der Waals surface area (Å²) in [6.07, 6.45) is 0.993. The van der Waals surface area contributed by atoms with Crippen LogP contribution >= 0.6 is 0 Å². The van der Waals surface area contributed by atoms with E-state index in [1.807, 2.05) is 0 Å². The van der Waals surface area contributed by atoms with Crippen LogP contribution in [0.2, 0.25) is 0 Å². The maximum atomic E-state index is 12.3. The molecule has 0 aliphatic heterocycles. The molecule has 31 heavy (non-hydrogen) atoms. The van der Waals surface area contributed by atoms with E-state index in [-0.39, 0.29) is 38.7 Å². The molecular formula is C18H31N5O8. The van der Waals surface area contributed by atoms with Gasteiger partial charge in [-0.15, -0.1) is 0 Å². The van der Waals surface area contributed by atoms with E-state index in [1.165, 1.54) is 17.0 Å². The molecular weight excluding hydrogens is 414 g/mol. The zero-order valence-corrected chi connectivity index (χ0v) is 18.4. The first-order valence-electron chi connectivity index (χ1n) is 9.62. The molecule has 1 amide bonds. The first-order valence-corrected chi connectivity index (χ1v) is 9.62. The van der Waals surface area contributed by atoms with Crippen molar-refractivity contribution in [1.29, 1.82) is 0 Å². The molecule has 0 fully saturated rings. The Morgan fingerprint density at radius 2 is 2.00 bits per heavy atom. The normalized spacial score (nSPS) is 13.0. The Morgan fingerprint density at radius 1 is 1.32 bits per heavy atom. The van der Waals surface area contributed by atoms with Crippen molar-refractivity contribution in [1.82, 2.24) is 20.3 Å². The lowest BCUT2D eigenvalue weighted by Crippen LogP contribution is -2.49. The van der Waals surface area contributed by atoms with Crippen molar-refractivity contribution < 1.29 is 33.9 Å². The van der Waals surface area contributed by atoms with Crippen LogP contribution in [0.5, 0.6) is 0 Å². The topological polar surface area (TPSA) is 167 Å². The number of nitrogens with one attached hydrogen (secondary N) is 2. The molecule has 0 radical (unpaired) electrons. The molecule has 1 atom stereocenters. The van der Waals surface area contributed by atoms with Gasteiger partial charge < -0.3 is 30.0 Å². The zero-order valence-electron chi connectivity index (χ0n) is 18.4. The fraction of sp³-hybridized carbons (Fsp3) is 0.722. The quantitative estimate of drug-likeness (QED) is 0.222. The number of hydroxylamine groups is 1. The van der Waals surface area contributed by atoms with Crippen LogP contribution in [0, 0.1) is 10.1 Å². The van der Waals surface area contributed by atoms with Gasteiger partial charge in [-0.3, -0.25) is 9.63 Å². The average Bonchev–Trinajstić information content (AvgIpc) is 3.08. The van der Waals surface area contributed by atoms with Crippen LogP contribution in [-0.4, -0.2) is 75.1 Å². The lowest BCUT2D eigenvalue weighted by molar-refractivity contribution is -0.397. The summed E-state index contributed by atoms with van der Waals surface area (Å²) in [7, 11) is 0. The number of rotatable bonds is 13. The fourth-order valence-electron chi connectivity index (χ4n) is 2.17. The molecule has 1 heterocycles. The molecule has 1 unspecified atom stereocenters. The number of nitrogens with zero attached hydrogens (tertiary/aromatic N) is 3. The van der Waals surface area contributed by atoms with Gasteiger partial charge in [0.15, 0.2) is 5.78 Å². The van der Waals surface area contributed by atoms with E-state index in [4.69, 9.17) is 14.3 Å². The summed E-state index contributed by atoms with van der Waals surface area (Å²) >= 11 is 0. The lowest BCUT2D eigenvalue weighted by Gasteiger charge is -2.24. The molecule has 0 bridgehead atoms. The minimum Gasteiger partial charge on any atom is -0.444 e. The van der Waals surface area contributed by atoms with Crippen LogP contribution in [0.1, 0.15) is 34.6 Å². The van der Waals surface area contributed by atoms with Crippen LogP contribution < -0.4 is 10.8 Å². The van der Waals surface area contributed by atoms with Crippen molar-refractivity contribution in [2.45, 2.75) is 58.4 Å². The van der Waals surface area contributed by atoms with Crippen molar-refractivity contribution >= 4 is 17.8 Å². The summed E-state index contributed by atoms with van der Waals surface area (Å²) < 4.78 is 11.5. The van der Waals surface area contributed by atoms with E-state index in [0.29, 0.717) is 0 Å². The van der Waals surface area contributed by atoms with Gasteiger partial charge in [-0.1, -0.05) is 4.98 Å². The second-order valence-electron chi connectivity index (χ2n) is 8.23. The van der Waals surface area contributed by atoms with Gasteiger partial charge in [0.05, 0.1) is 25.3 Å². The minimum absolute atomic E-state index is 0.0964. The molecule has 3 N–H and O–H groups in total. The number of aliphatic hydroxyl groups excluding tert-OH is 1. The first-order chi connectivity index (χ1) is 14.3. The molecule has 0 aliphatic rings. The SMILES string of the molecule is CC(C)(C)OC(=O)NCCONC(C)(C)C(=O)COCC(O)Cn1ccnc1[N+](=O)[O-]. The van der Waals surface area contributed by atoms with Crippen molar-refractivity contribution in [2.24, 2.45) is 0 Å². The second-order valence-corrected chi connectivity index (χ2v) is 8.23. The van der Waals surface area contributed by atoms with Crippen LogP contribution in [0.15, 0.2) is 12.4 Å². The van der Waals surface area contributed by atoms with Crippen LogP contribution in [0.25, 0.3) is 0 Å². The third-order valence-corrected chi connectivity index (χ3v) is 3.70. The highest BCUT2D eigenvalue weighted by Crippen LogP contribution is 2.09. The van der Waals surface area contributed by atoms with Gasteiger partial charge in [0.25, 0.3) is 0 Å². The number of aromatic nitrogens is 2. The van der Waals surface area contributed by atoms with Gasteiger partial charge in [0.1, 0.15) is 30.7 Å². The summed E-state index contributed by atoms with van der Waals surface area (Å²) in [6.45, 7) is 8.11. The summed E-state index contributed by atoms with van der Waals surface area (Å²) in [5, 5.41) is 23.3. The summed E-state index contributed by atoms with van der Waals surface area (Å²) in [5.41, 5.74) is 0.922. The Labute approximate surface area is 180 Å². The van der Waals surface area contributed by atoms with Crippen LogP contribution in [0.3, 0.4) is 0 Å². The number of ketones is 1. The largest absolute Gasteiger partial charge is 0.444 e. The molecule has 1 aromatic rings. The molecule has 0 aliphatic carbocycles. The highest BCUT2D eigenvalue weighted by Gasteiger charge is 2.28. The number of hydrogen-bond donors (Lipinski definition) is 3. The van der Waals surface area contributed by atoms with E-state index in [9.17, 15) is 24.8 Å². The van der Waals surface area contributed by atoms with Gasteiger partial charge in [0.2, 0.25) is 0 Å². The van der Waals surface area contributed by atoms with Crippen molar-refractivity contribution in [2.75, 3.05) is 26.4 Å².